The van der Waals surface area contributed by atoms with Gasteiger partial charge in [0.15, 0.2) is 0 Å². The van der Waals surface area contributed by atoms with Gasteiger partial charge in [-0.1, -0.05) is 30.3 Å². The second-order valence-electron chi connectivity index (χ2n) is 6.06. The fraction of sp³-hybridized carbons (Fsp3) is 0.647. The van der Waals surface area contributed by atoms with E-state index in [9.17, 15) is 0 Å². The number of thioether (sulfide) groups is 1. The highest BCUT2D eigenvalue weighted by molar-refractivity contribution is 7.99. The van der Waals surface area contributed by atoms with Crippen molar-refractivity contribution in [2.45, 2.75) is 25.3 Å². The highest BCUT2D eigenvalue weighted by Crippen LogP contribution is 2.25. The van der Waals surface area contributed by atoms with Crippen LogP contribution in [0.1, 0.15) is 30.9 Å². The SMILES string of the molecule is c1ccc(C(CNCC2CCSC2)N2CCCC2)cc1. The quantitative estimate of drug-likeness (QED) is 0.866. The molecule has 20 heavy (non-hydrogen) atoms. The largest absolute Gasteiger partial charge is 0.315 e. The van der Waals surface area contributed by atoms with E-state index in [1.165, 1.54) is 56.0 Å². The summed E-state index contributed by atoms with van der Waals surface area (Å²) in [6.07, 6.45) is 4.13. The van der Waals surface area contributed by atoms with Gasteiger partial charge in [-0.25, -0.2) is 0 Å². The molecule has 1 aromatic carbocycles. The fourth-order valence-corrected chi connectivity index (χ4v) is 4.64. The van der Waals surface area contributed by atoms with Crippen LogP contribution in [0.3, 0.4) is 0 Å². The van der Waals surface area contributed by atoms with E-state index in [2.05, 4.69) is 52.3 Å². The van der Waals surface area contributed by atoms with Crippen LogP contribution >= 0.6 is 11.8 Å². The van der Waals surface area contributed by atoms with Crippen molar-refractivity contribution in [2.24, 2.45) is 5.92 Å². The summed E-state index contributed by atoms with van der Waals surface area (Å²) in [6.45, 7) is 4.83. The van der Waals surface area contributed by atoms with Crippen molar-refractivity contribution < 1.29 is 0 Å². The molecule has 0 amide bonds. The third-order valence-corrected chi connectivity index (χ3v) is 5.79. The van der Waals surface area contributed by atoms with Crippen LogP contribution in [0.15, 0.2) is 30.3 Å². The Morgan fingerprint density at radius 2 is 2.00 bits per heavy atom. The second-order valence-corrected chi connectivity index (χ2v) is 7.21. The number of likely N-dealkylation sites (tertiary alicyclic amines) is 1. The summed E-state index contributed by atoms with van der Waals surface area (Å²) < 4.78 is 0. The Balaban J connectivity index is 1.57. The zero-order valence-corrected chi connectivity index (χ0v) is 13.1. The van der Waals surface area contributed by atoms with Crippen molar-refractivity contribution in [2.75, 3.05) is 37.7 Å². The van der Waals surface area contributed by atoms with E-state index >= 15 is 0 Å². The molecule has 2 aliphatic rings. The molecule has 110 valence electrons. The maximum atomic E-state index is 3.75. The lowest BCUT2D eigenvalue weighted by Crippen LogP contribution is -2.36. The minimum absolute atomic E-state index is 0.563. The first-order valence-electron chi connectivity index (χ1n) is 8.01. The summed E-state index contributed by atoms with van der Waals surface area (Å²) in [7, 11) is 0. The van der Waals surface area contributed by atoms with Gasteiger partial charge in [0, 0.05) is 12.6 Å². The molecule has 1 aromatic rings. The van der Waals surface area contributed by atoms with E-state index in [1.807, 2.05) is 0 Å². The highest BCUT2D eigenvalue weighted by atomic mass is 32.2. The average Bonchev–Trinajstić information content (AvgIpc) is 3.18. The molecule has 2 atom stereocenters. The molecule has 2 saturated heterocycles. The molecule has 0 aliphatic carbocycles. The van der Waals surface area contributed by atoms with E-state index in [0.29, 0.717) is 6.04 Å². The van der Waals surface area contributed by atoms with Crippen LogP contribution in [0, 0.1) is 5.92 Å². The van der Waals surface area contributed by atoms with Crippen LogP contribution in [0.25, 0.3) is 0 Å². The van der Waals surface area contributed by atoms with E-state index in [0.717, 1.165) is 12.5 Å². The second kappa shape index (κ2) is 7.48. The number of benzene rings is 1. The molecule has 3 heteroatoms. The first kappa shape index (κ1) is 14.4. The van der Waals surface area contributed by atoms with Crippen LogP contribution in [0.4, 0.5) is 0 Å². The molecule has 2 aliphatic heterocycles. The Bertz CT molecular complexity index is 383. The van der Waals surface area contributed by atoms with Crippen molar-refractivity contribution >= 4 is 11.8 Å². The van der Waals surface area contributed by atoms with Gasteiger partial charge in [0.05, 0.1) is 0 Å². The molecule has 2 heterocycles. The topological polar surface area (TPSA) is 15.3 Å². The summed E-state index contributed by atoms with van der Waals surface area (Å²) >= 11 is 2.11. The Hall–Kier alpha value is -0.510. The Labute approximate surface area is 127 Å². The van der Waals surface area contributed by atoms with Crippen LogP contribution in [0.5, 0.6) is 0 Å². The average molecular weight is 290 g/mol. The Morgan fingerprint density at radius 3 is 2.70 bits per heavy atom. The number of hydrogen-bond acceptors (Lipinski definition) is 3. The Morgan fingerprint density at radius 1 is 1.20 bits per heavy atom. The van der Waals surface area contributed by atoms with Gasteiger partial charge in [-0.05, 0) is 61.9 Å². The highest BCUT2D eigenvalue weighted by Gasteiger charge is 2.23. The van der Waals surface area contributed by atoms with Gasteiger partial charge < -0.3 is 5.32 Å². The minimum Gasteiger partial charge on any atom is -0.315 e. The van der Waals surface area contributed by atoms with Crippen LogP contribution < -0.4 is 5.32 Å². The summed E-state index contributed by atoms with van der Waals surface area (Å²) in [5.74, 6) is 3.61. The first-order valence-corrected chi connectivity index (χ1v) is 9.16. The Kier molecular flexibility index (Phi) is 5.40. The molecule has 2 nitrogen and oxygen atoms in total. The molecule has 0 saturated carbocycles. The molecule has 3 rings (SSSR count). The van der Waals surface area contributed by atoms with Crippen LogP contribution in [0.2, 0.25) is 0 Å². The standard InChI is InChI=1S/C17H26N2S/c1-2-6-16(7-3-1)17(19-9-4-5-10-19)13-18-12-15-8-11-20-14-15/h1-3,6-7,15,17-18H,4-5,8-14H2. The monoisotopic (exact) mass is 290 g/mol. The van der Waals surface area contributed by atoms with Gasteiger partial charge in [0.1, 0.15) is 0 Å². The molecule has 1 N–H and O–H groups in total. The number of rotatable bonds is 6. The molecular weight excluding hydrogens is 264 g/mol. The van der Waals surface area contributed by atoms with Crippen LogP contribution in [-0.4, -0.2) is 42.6 Å². The molecule has 0 radical (unpaired) electrons. The number of nitrogens with zero attached hydrogens (tertiary/aromatic N) is 1. The molecule has 0 bridgehead atoms. The van der Waals surface area contributed by atoms with E-state index < -0.39 is 0 Å². The third kappa shape index (κ3) is 3.78. The van der Waals surface area contributed by atoms with Gasteiger partial charge in [-0.15, -0.1) is 0 Å². The van der Waals surface area contributed by atoms with E-state index in [1.54, 1.807) is 0 Å². The summed E-state index contributed by atoms with van der Waals surface area (Å²) in [5, 5.41) is 3.75. The number of hydrogen-bond donors (Lipinski definition) is 1. The zero-order chi connectivity index (χ0) is 13.6. The van der Waals surface area contributed by atoms with Crippen molar-refractivity contribution in [3.63, 3.8) is 0 Å². The van der Waals surface area contributed by atoms with Crippen molar-refractivity contribution in [3.8, 4) is 0 Å². The third-order valence-electron chi connectivity index (χ3n) is 4.56. The summed E-state index contributed by atoms with van der Waals surface area (Å²) in [4.78, 5) is 2.66. The van der Waals surface area contributed by atoms with Gasteiger partial charge in [0.25, 0.3) is 0 Å². The molecule has 0 aromatic heterocycles. The van der Waals surface area contributed by atoms with E-state index in [4.69, 9.17) is 0 Å². The summed E-state index contributed by atoms with van der Waals surface area (Å²) in [6, 6.07) is 11.6. The van der Waals surface area contributed by atoms with Crippen molar-refractivity contribution in [1.29, 1.82) is 0 Å². The smallest absolute Gasteiger partial charge is 0.0472 e. The molecule has 2 unspecified atom stereocenters. The molecule has 0 spiro atoms. The van der Waals surface area contributed by atoms with Gasteiger partial charge in [0.2, 0.25) is 0 Å². The lowest BCUT2D eigenvalue weighted by molar-refractivity contribution is 0.236. The predicted molar refractivity (Wildman–Crippen MR) is 88.3 cm³/mol. The van der Waals surface area contributed by atoms with E-state index in [-0.39, 0.29) is 0 Å². The normalized spacial score (nSPS) is 25.1. The van der Waals surface area contributed by atoms with Gasteiger partial charge in [-0.2, -0.15) is 11.8 Å². The summed E-state index contributed by atoms with van der Waals surface area (Å²) in [5.41, 5.74) is 1.47. The predicted octanol–water partition coefficient (Wildman–Crippen LogP) is 3.17. The van der Waals surface area contributed by atoms with Crippen LogP contribution in [-0.2, 0) is 0 Å². The molecular formula is C17H26N2S. The lowest BCUT2D eigenvalue weighted by Gasteiger charge is -2.28. The maximum absolute atomic E-state index is 3.75. The van der Waals surface area contributed by atoms with Gasteiger partial charge in [-0.3, -0.25) is 4.90 Å². The van der Waals surface area contributed by atoms with Gasteiger partial charge >= 0.3 is 0 Å². The fourth-order valence-electron chi connectivity index (χ4n) is 3.35. The maximum Gasteiger partial charge on any atom is 0.0472 e. The molecule has 2 fully saturated rings. The minimum atomic E-state index is 0.563. The van der Waals surface area contributed by atoms with Crippen molar-refractivity contribution in [1.82, 2.24) is 10.2 Å². The lowest BCUT2D eigenvalue weighted by atomic mass is 10.0. The van der Waals surface area contributed by atoms with Crippen molar-refractivity contribution in [3.05, 3.63) is 35.9 Å². The zero-order valence-electron chi connectivity index (χ0n) is 12.3. The number of nitrogens with one attached hydrogen (secondary N) is 1. The first-order chi connectivity index (χ1) is 9.93.